The fourth-order valence-corrected chi connectivity index (χ4v) is 3.24. The van der Waals surface area contributed by atoms with Crippen LogP contribution in [0.2, 0.25) is 0 Å². The maximum atomic E-state index is 12.8. The van der Waals surface area contributed by atoms with Crippen molar-refractivity contribution in [3.05, 3.63) is 39.4 Å². The molecule has 1 saturated heterocycles. The summed E-state index contributed by atoms with van der Waals surface area (Å²) in [6.07, 6.45) is 1.82. The van der Waals surface area contributed by atoms with E-state index in [0.717, 1.165) is 48.5 Å². The van der Waals surface area contributed by atoms with E-state index >= 15 is 0 Å². The molecule has 1 aliphatic heterocycles. The number of ether oxygens (including phenoxy) is 1. The van der Waals surface area contributed by atoms with Crippen molar-refractivity contribution < 1.29 is 4.74 Å². The van der Waals surface area contributed by atoms with E-state index < -0.39 is 0 Å². The van der Waals surface area contributed by atoms with Crippen LogP contribution in [0.15, 0.2) is 16.9 Å². The first-order valence-electron chi connectivity index (χ1n) is 7.83. The molecule has 5 heteroatoms. The second kappa shape index (κ2) is 5.82. The molecule has 1 unspecified atom stereocenters. The predicted molar refractivity (Wildman–Crippen MR) is 87.1 cm³/mol. The van der Waals surface area contributed by atoms with Crippen molar-refractivity contribution in [1.82, 2.24) is 9.55 Å². The Kier molecular flexibility index (Phi) is 4.02. The second-order valence-electron chi connectivity index (χ2n) is 6.26. The number of benzene rings is 1. The van der Waals surface area contributed by atoms with Gasteiger partial charge in [0.25, 0.3) is 5.56 Å². The third kappa shape index (κ3) is 2.55. The van der Waals surface area contributed by atoms with Gasteiger partial charge in [-0.2, -0.15) is 0 Å². The molecular formula is C17H23N3O2. The van der Waals surface area contributed by atoms with Crippen molar-refractivity contribution in [3.8, 4) is 0 Å². The summed E-state index contributed by atoms with van der Waals surface area (Å²) in [4.78, 5) is 17.6. The molecular weight excluding hydrogens is 278 g/mol. The van der Waals surface area contributed by atoms with Gasteiger partial charge in [-0.1, -0.05) is 6.07 Å². The lowest BCUT2D eigenvalue weighted by molar-refractivity contribution is 0.0828. The molecule has 0 saturated carbocycles. The van der Waals surface area contributed by atoms with Gasteiger partial charge >= 0.3 is 0 Å². The molecule has 1 atom stereocenters. The Morgan fingerprint density at radius 1 is 1.36 bits per heavy atom. The maximum Gasteiger partial charge on any atom is 0.261 e. The first-order valence-corrected chi connectivity index (χ1v) is 7.83. The highest BCUT2D eigenvalue weighted by atomic mass is 16.5. The second-order valence-corrected chi connectivity index (χ2v) is 6.26. The molecule has 0 amide bonds. The standard InChI is InChI=1S/C17H23N3O2/c1-10-8-13(11(2)18)15-14(9-10)17(21)20(3)16(19-15)12-4-6-22-7-5-12/h8-9,11-12H,4-7,18H2,1-3H3. The molecule has 0 radical (unpaired) electrons. The molecule has 1 fully saturated rings. The van der Waals surface area contributed by atoms with Gasteiger partial charge in [0, 0.05) is 32.2 Å². The SMILES string of the molecule is Cc1cc(C(C)N)c2nc(C3CCOCC3)n(C)c(=O)c2c1. The topological polar surface area (TPSA) is 70.1 Å². The van der Waals surface area contributed by atoms with Crippen LogP contribution in [-0.4, -0.2) is 22.8 Å². The van der Waals surface area contributed by atoms with Gasteiger partial charge in [-0.15, -0.1) is 0 Å². The van der Waals surface area contributed by atoms with Gasteiger partial charge in [0.2, 0.25) is 0 Å². The molecule has 2 heterocycles. The lowest BCUT2D eigenvalue weighted by Gasteiger charge is -2.24. The highest BCUT2D eigenvalue weighted by Gasteiger charge is 2.22. The fraction of sp³-hybridized carbons (Fsp3) is 0.529. The largest absolute Gasteiger partial charge is 0.381 e. The third-order valence-corrected chi connectivity index (χ3v) is 4.47. The summed E-state index contributed by atoms with van der Waals surface area (Å²) < 4.78 is 7.12. The predicted octanol–water partition coefficient (Wildman–Crippen LogP) is 2.16. The van der Waals surface area contributed by atoms with Crippen LogP contribution in [0.4, 0.5) is 0 Å². The van der Waals surface area contributed by atoms with Crippen LogP contribution in [-0.2, 0) is 11.8 Å². The summed E-state index contributed by atoms with van der Waals surface area (Å²) in [6, 6.07) is 3.79. The van der Waals surface area contributed by atoms with E-state index in [1.54, 1.807) is 4.57 Å². The van der Waals surface area contributed by atoms with Crippen molar-refractivity contribution in [3.63, 3.8) is 0 Å². The number of fused-ring (bicyclic) bond motifs is 1. The minimum Gasteiger partial charge on any atom is -0.381 e. The van der Waals surface area contributed by atoms with E-state index in [9.17, 15) is 4.79 Å². The third-order valence-electron chi connectivity index (χ3n) is 4.47. The smallest absolute Gasteiger partial charge is 0.261 e. The molecule has 5 nitrogen and oxygen atoms in total. The number of aromatic nitrogens is 2. The van der Waals surface area contributed by atoms with E-state index in [4.69, 9.17) is 15.5 Å². The van der Waals surface area contributed by atoms with Crippen LogP contribution in [0.3, 0.4) is 0 Å². The molecule has 22 heavy (non-hydrogen) atoms. The van der Waals surface area contributed by atoms with Crippen molar-refractivity contribution >= 4 is 10.9 Å². The minimum absolute atomic E-state index is 0.0112. The number of hydrogen-bond acceptors (Lipinski definition) is 4. The van der Waals surface area contributed by atoms with Gasteiger partial charge in [-0.3, -0.25) is 9.36 Å². The van der Waals surface area contributed by atoms with E-state index in [2.05, 4.69) is 0 Å². The van der Waals surface area contributed by atoms with Gasteiger partial charge in [0.05, 0.1) is 10.9 Å². The fourth-order valence-electron chi connectivity index (χ4n) is 3.24. The highest BCUT2D eigenvalue weighted by molar-refractivity contribution is 5.82. The van der Waals surface area contributed by atoms with E-state index in [0.29, 0.717) is 5.39 Å². The summed E-state index contributed by atoms with van der Waals surface area (Å²) in [5.74, 6) is 1.13. The average molecular weight is 301 g/mol. The molecule has 0 spiro atoms. The maximum absolute atomic E-state index is 12.8. The first-order chi connectivity index (χ1) is 10.5. The Morgan fingerprint density at radius 3 is 2.68 bits per heavy atom. The van der Waals surface area contributed by atoms with Crippen LogP contribution < -0.4 is 11.3 Å². The minimum atomic E-state index is -0.149. The van der Waals surface area contributed by atoms with Crippen molar-refractivity contribution in [2.24, 2.45) is 12.8 Å². The summed E-state index contributed by atoms with van der Waals surface area (Å²) in [7, 11) is 1.81. The van der Waals surface area contributed by atoms with Crippen molar-refractivity contribution in [1.29, 1.82) is 0 Å². The molecule has 2 N–H and O–H groups in total. The average Bonchev–Trinajstić information content (AvgIpc) is 2.51. The Hall–Kier alpha value is -1.72. The number of hydrogen-bond donors (Lipinski definition) is 1. The summed E-state index contributed by atoms with van der Waals surface area (Å²) >= 11 is 0. The van der Waals surface area contributed by atoms with Crippen LogP contribution in [0, 0.1) is 6.92 Å². The van der Waals surface area contributed by atoms with Crippen LogP contribution >= 0.6 is 0 Å². The molecule has 0 aliphatic carbocycles. The molecule has 118 valence electrons. The van der Waals surface area contributed by atoms with Gasteiger partial charge in [0.1, 0.15) is 5.82 Å². The van der Waals surface area contributed by atoms with Gasteiger partial charge < -0.3 is 10.5 Å². The van der Waals surface area contributed by atoms with E-state index in [1.165, 1.54) is 0 Å². The summed E-state index contributed by atoms with van der Waals surface area (Å²) in [5.41, 5.74) is 8.85. The number of rotatable bonds is 2. The van der Waals surface area contributed by atoms with E-state index in [-0.39, 0.29) is 17.5 Å². The lowest BCUT2D eigenvalue weighted by atomic mass is 9.97. The van der Waals surface area contributed by atoms with Crippen LogP contribution in [0.25, 0.3) is 10.9 Å². The van der Waals surface area contributed by atoms with Gasteiger partial charge in [-0.05, 0) is 43.9 Å². The zero-order valence-electron chi connectivity index (χ0n) is 13.4. The summed E-state index contributed by atoms with van der Waals surface area (Å²) in [6.45, 7) is 5.37. The quantitative estimate of drug-likeness (QED) is 0.922. The van der Waals surface area contributed by atoms with Crippen molar-refractivity contribution in [2.75, 3.05) is 13.2 Å². The Balaban J connectivity index is 2.27. The zero-order chi connectivity index (χ0) is 15.9. The zero-order valence-corrected chi connectivity index (χ0v) is 13.4. The van der Waals surface area contributed by atoms with Gasteiger partial charge in [-0.25, -0.2) is 4.98 Å². The highest BCUT2D eigenvalue weighted by Crippen LogP contribution is 2.28. The Bertz CT molecular complexity index is 759. The monoisotopic (exact) mass is 301 g/mol. The molecule has 1 aromatic heterocycles. The normalized spacial score (nSPS) is 17.8. The Morgan fingerprint density at radius 2 is 2.05 bits per heavy atom. The number of aryl methyl sites for hydroxylation is 1. The van der Waals surface area contributed by atoms with Crippen LogP contribution in [0.1, 0.15) is 48.7 Å². The lowest BCUT2D eigenvalue weighted by Crippen LogP contribution is -2.27. The number of nitrogens with zero attached hydrogens (tertiary/aromatic N) is 2. The molecule has 3 rings (SSSR count). The number of nitrogens with two attached hydrogens (primary N) is 1. The van der Waals surface area contributed by atoms with Gasteiger partial charge in [0.15, 0.2) is 0 Å². The molecule has 0 bridgehead atoms. The van der Waals surface area contributed by atoms with E-state index in [1.807, 2.05) is 33.0 Å². The van der Waals surface area contributed by atoms with Crippen molar-refractivity contribution in [2.45, 2.75) is 38.6 Å². The Labute approximate surface area is 130 Å². The summed E-state index contributed by atoms with van der Waals surface area (Å²) in [5, 5.41) is 0.658. The molecule has 1 aromatic carbocycles. The van der Waals surface area contributed by atoms with Crippen LogP contribution in [0.5, 0.6) is 0 Å². The first kappa shape index (κ1) is 15.2. The molecule has 2 aromatic rings. The molecule has 1 aliphatic rings.